The normalized spacial score (nSPS) is 33.3. The smallest absolute Gasteiger partial charge is 0.416 e. The van der Waals surface area contributed by atoms with E-state index in [0.29, 0.717) is 18.3 Å². The minimum Gasteiger partial charge on any atom is -0.455 e. The molecule has 4 aliphatic rings. The van der Waals surface area contributed by atoms with Gasteiger partial charge in [0.25, 0.3) is 0 Å². The molecule has 4 fully saturated rings. The molecule has 10 heteroatoms. The fourth-order valence-electron chi connectivity index (χ4n) is 7.81. The van der Waals surface area contributed by atoms with Crippen molar-refractivity contribution in [2.24, 2.45) is 35.5 Å². The zero-order valence-corrected chi connectivity index (χ0v) is 20.0. The Kier molecular flexibility index (Phi) is 5.81. The Morgan fingerprint density at radius 1 is 0.658 bits per heavy atom. The van der Waals surface area contributed by atoms with Crippen LogP contribution in [0.4, 0.5) is 26.3 Å². The molecule has 2 aromatic carbocycles. The minimum atomic E-state index is -4.64. The Morgan fingerprint density at radius 3 is 1.47 bits per heavy atom. The summed E-state index contributed by atoms with van der Waals surface area (Å²) in [6, 6.07) is 7.86. The molecule has 2 aromatic rings. The van der Waals surface area contributed by atoms with Crippen molar-refractivity contribution in [3.63, 3.8) is 0 Å². The number of hydrogen-bond acceptors (Lipinski definition) is 4. The molecule has 8 atom stereocenters. The minimum absolute atomic E-state index is 0.116. The molecule has 0 heterocycles. The van der Waals surface area contributed by atoms with E-state index in [-0.39, 0.29) is 34.8 Å². The van der Waals surface area contributed by atoms with Crippen molar-refractivity contribution in [2.75, 3.05) is 0 Å². The van der Waals surface area contributed by atoms with Gasteiger partial charge in [0.1, 0.15) is 12.2 Å². The second-order valence-corrected chi connectivity index (χ2v) is 10.9. The van der Waals surface area contributed by atoms with Crippen LogP contribution in [0, 0.1) is 35.5 Å². The first kappa shape index (κ1) is 25.2. The fraction of sp³-hybridized carbons (Fsp3) is 0.500. The van der Waals surface area contributed by atoms with Gasteiger partial charge in [0.15, 0.2) is 0 Å². The molecular formula is C28H24F6O4. The second kappa shape index (κ2) is 8.74. The third-order valence-electron chi connectivity index (χ3n) is 9.09. The quantitative estimate of drug-likeness (QED) is 0.245. The lowest BCUT2D eigenvalue weighted by molar-refractivity contribution is -0.138. The highest BCUT2D eigenvalue weighted by atomic mass is 19.4. The van der Waals surface area contributed by atoms with Crippen LogP contribution >= 0.6 is 0 Å². The molecule has 6 rings (SSSR count). The van der Waals surface area contributed by atoms with E-state index in [0.717, 1.165) is 55.7 Å². The third kappa shape index (κ3) is 4.16. The number of halogens is 6. The Labute approximate surface area is 214 Å². The summed E-state index contributed by atoms with van der Waals surface area (Å²) in [5, 5.41) is 0. The van der Waals surface area contributed by atoms with Crippen LogP contribution in [-0.2, 0) is 21.8 Å². The Bertz CT molecular complexity index is 1170. The number of rotatable bonds is 4. The molecule has 8 unspecified atom stereocenters. The molecule has 0 saturated heterocycles. The van der Waals surface area contributed by atoms with Gasteiger partial charge < -0.3 is 9.47 Å². The largest absolute Gasteiger partial charge is 0.455 e. The van der Waals surface area contributed by atoms with Gasteiger partial charge in [-0.25, -0.2) is 9.59 Å². The molecule has 4 nitrogen and oxygen atoms in total. The number of carbonyl (C=O) groups excluding carboxylic acids is 2. The number of hydrogen-bond donors (Lipinski definition) is 0. The summed E-state index contributed by atoms with van der Waals surface area (Å²) >= 11 is 0. The predicted octanol–water partition coefficient (Wildman–Crippen LogP) is 6.79. The van der Waals surface area contributed by atoms with E-state index in [2.05, 4.69) is 0 Å². The molecule has 4 saturated carbocycles. The van der Waals surface area contributed by atoms with Gasteiger partial charge in [-0.1, -0.05) is 12.1 Å². The topological polar surface area (TPSA) is 52.6 Å². The van der Waals surface area contributed by atoms with Crippen LogP contribution < -0.4 is 0 Å². The van der Waals surface area contributed by atoms with Gasteiger partial charge in [0.2, 0.25) is 0 Å². The molecule has 4 aliphatic carbocycles. The van der Waals surface area contributed by atoms with Crippen LogP contribution in [0.5, 0.6) is 0 Å². The first-order valence-corrected chi connectivity index (χ1v) is 12.7. The van der Waals surface area contributed by atoms with Crippen LogP contribution in [0.3, 0.4) is 0 Å². The van der Waals surface area contributed by atoms with Crippen molar-refractivity contribution in [2.45, 2.75) is 50.2 Å². The van der Waals surface area contributed by atoms with Crippen molar-refractivity contribution >= 4 is 11.9 Å². The summed E-state index contributed by atoms with van der Waals surface area (Å²) in [7, 11) is 0. The zero-order chi connectivity index (χ0) is 27.0. The van der Waals surface area contributed by atoms with Crippen LogP contribution in [-0.4, -0.2) is 24.1 Å². The number of benzene rings is 2. The molecule has 0 radical (unpaired) electrons. The second-order valence-electron chi connectivity index (χ2n) is 10.9. The van der Waals surface area contributed by atoms with Gasteiger partial charge in [-0.3, -0.25) is 0 Å². The van der Waals surface area contributed by atoms with Gasteiger partial charge in [0, 0.05) is 11.8 Å². The molecule has 0 aliphatic heterocycles. The summed E-state index contributed by atoms with van der Waals surface area (Å²) in [5.41, 5.74) is -2.51. The summed E-state index contributed by atoms with van der Waals surface area (Å²) in [5.74, 6) is -0.640. The maximum atomic E-state index is 13.2. The van der Waals surface area contributed by atoms with E-state index in [1.54, 1.807) is 0 Å². The van der Waals surface area contributed by atoms with E-state index >= 15 is 0 Å². The number of fused-ring (bicyclic) bond motifs is 9. The number of alkyl halides is 6. The Morgan fingerprint density at radius 2 is 1.08 bits per heavy atom. The Hall–Kier alpha value is -3.04. The molecule has 0 spiro atoms. The van der Waals surface area contributed by atoms with Gasteiger partial charge in [-0.15, -0.1) is 0 Å². The highest BCUT2D eigenvalue weighted by Crippen LogP contribution is 2.68. The van der Waals surface area contributed by atoms with Crippen molar-refractivity contribution in [3.05, 3.63) is 70.8 Å². The predicted molar refractivity (Wildman–Crippen MR) is 121 cm³/mol. The molecule has 0 aromatic heterocycles. The molecule has 38 heavy (non-hydrogen) atoms. The van der Waals surface area contributed by atoms with E-state index in [9.17, 15) is 35.9 Å². The lowest BCUT2D eigenvalue weighted by Crippen LogP contribution is -2.48. The van der Waals surface area contributed by atoms with Crippen LogP contribution in [0.2, 0.25) is 0 Å². The summed E-state index contributed by atoms with van der Waals surface area (Å²) in [6.45, 7) is 0. The average Bonchev–Trinajstić information content (AvgIpc) is 3.64. The van der Waals surface area contributed by atoms with Crippen molar-refractivity contribution < 1.29 is 45.4 Å². The summed E-state index contributed by atoms with van der Waals surface area (Å²) in [6.07, 6.45) is -7.20. The molecule has 0 N–H and O–H groups in total. The number of carbonyl (C=O) groups is 2. The van der Waals surface area contributed by atoms with Crippen LogP contribution in [0.15, 0.2) is 48.5 Å². The van der Waals surface area contributed by atoms with Gasteiger partial charge >= 0.3 is 24.3 Å². The molecule has 0 amide bonds. The summed E-state index contributed by atoms with van der Waals surface area (Å²) in [4.78, 5) is 26.0. The number of esters is 2. The average molecular weight is 538 g/mol. The lowest BCUT2D eigenvalue weighted by Gasteiger charge is -2.42. The first-order chi connectivity index (χ1) is 17.9. The van der Waals surface area contributed by atoms with Crippen molar-refractivity contribution in [1.29, 1.82) is 0 Å². The first-order valence-electron chi connectivity index (χ1n) is 12.7. The zero-order valence-electron chi connectivity index (χ0n) is 20.0. The molecular weight excluding hydrogens is 514 g/mol. The fourth-order valence-corrected chi connectivity index (χ4v) is 7.81. The van der Waals surface area contributed by atoms with Gasteiger partial charge in [0.05, 0.1) is 22.3 Å². The Balaban J connectivity index is 1.27. The SMILES string of the molecule is O=C(OC1C2CC(C1OC(=O)c1cccc(C(F)(F)F)c1)C1C3CCC(C3)C21)c1cccc(C(F)(F)F)c1. The lowest BCUT2D eigenvalue weighted by atomic mass is 9.69. The number of ether oxygens (including phenoxy) is 2. The highest BCUT2D eigenvalue weighted by Gasteiger charge is 2.68. The van der Waals surface area contributed by atoms with Gasteiger partial charge in [-0.2, -0.15) is 26.3 Å². The maximum Gasteiger partial charge on any atom is 0.416 e. The monoisotopic (exact) mass is 538 g/mol. The molecule has 202 valence electrons. The standard InChI is InChI=1S/C28H24F6O4/c29-27(30,31)17-5-1-3-15(10-17)25(35)37-23-19-12-20(22-14-8-7-13(9-14)21(19)22)24(23)38-26(36)16-4-2-6-18(11-16)28(32,33)34/h1-6,10-11,13-14,19-24H,7-9,12H2. The van der Waals surface area contributed by atoms with Crippen LogP contribution in [0.25, 0.3) is 0 Å². The molecule has 4 bridgehead atoms. The maximum absolute atomic E-state index is 13.2. The van der Waals surface area contributed by atoms with Gasteiger partial charge in [-0.05, 0) is 85.8 Å². The van der Waals surface area contributed by atoms with E-state index in [1.165, 1.54) is 12.1 Å². The third-order valence-corrected chi connectivity index (χ3v) is 9.09. The van der Waals surface area contributed by atoms with E-state index in [4.69, 9.17) is 9.47 Å². The van der Waals surface area contributed by atoms with E-state index in [1.807, 2.05) is 0 Å². The van der Waals surface area contributed by atoms with Crippen LogP contribution in [0.1, 0.15) is 57.5 Å². The summed E-state index contributed by atoms with van der Waals surface area (Å²) < 4.78 is 90.6. The van der Waals surface area contributed by atoms with Crippen molar-refractivity contribution in [1.82, 2.24) is 0 Å². The van der Waals surface area contributed by atoms with E-state index < -0.39 is 47.6 Å². The highest BCUT2D eigenvalue weighted by molar-refractivity contribution is 5.91. The van der Waals surface area contributed by atoms with Crippen molar-refractivity contribution in [3.8, 4) is 0 Å².